The van der Waals surface area contributed by atoms with Crippen LogP contribution in [0.5, 0.6) is 0 Å². The Balaban J connectivity index is 1.58. The van der Waals surface area contributed by atoms with E-state index in [1.807, 2.05) is 31.2 Å². The zero-order valence-corrected chi connectivity index (χ0v) is 18.5. The maximum absolute atomic E-state index is 12.5. The molecule has 0 spiro atoms. The summed E-state index contributed by atoms with van der Waals surface area (Å²) in [6, 6.07) is 15.9. The molecule has 3 rings (SSSR count). The van der Waals surface area contributed by atoms with Crippen LogP contribution in [0.1, 0.15) is 49.7 Å². The number of carboxylic acid groups (broad SMARTS) is 1. The Morgan fingerprint density at radius 1 is 1.06 bits per heavy atom. The molecule has 2 N–H and O–H groups in total. The third-order valence-electron chi connectivity index (χ3n) is 5.81. The quantitative estimate of drug-likeness (QED) is 0.584. The minimum atomic E-state index is -0.952. The van der Waals surface area contributed by atoms with Crippen molar-refractivity contribution in [2.75, 3.05) is 20.2 Å². The molecule has 1 aliphatic rings. The average molecular weight is 439 g/mol. The van der Waals surface area contributed by atoms with Gasteiger partial charge in [0.25, 0.3) is 0 Å². The summed E-state index contributed by atoms with van der Waals surface area (Å²) in [7, 11) is 1.57. The Morgan fingerprint density at radius 3 is 2.22 bits per heavy atom. The Hall–Kier alpha value is -3.35. The van der Waals surface area contributed by atoms with E-state index in [0.717, 1.165) is 28.7 Å². The summed E-state index contributed by atoms with van der Waals surface area (Å²) < 4.78 is 5.58. The molecule has 2 amide bonds. The SMILES string of the molecule is CCC[C@@H](CC(=O)N(C)CCC(=O)O)NC(=O)OCC1c2ccccc2-c2ccccc21. The molecule has 32 heavy (non-hydrogen) atoms. The molecule has 0 radical (unpaired) electrons. The third kappa shape index (κ3) is 5.66. The minimum Gasteiger partial charge on any atom is -0.481 e. The molecule has 0 saturated carbocycles. The van der Waals surface area contributed by atoms with Crippen LogP contribution in [-0.4, -0.2) is 54.2 Å². The molecule has 0 fully saturated rings. The second-order valence-electron chi connectivity index (χ2n) is 8.12. The standard InChI is InChI=1S/C25H30N2O5/c1-3-8-17(15-23(28)27(2)14-13-24(29)30)26-25(31)32-16-22-20-11-6-4-9-18(20)19-10-5-7-12-21(19)22/h4-7,9-12,17,22H,3,8,13-16H2,1-2H3,(H,26,31)(H,29,30)/t17-/m0/s1. The normalized spacial score (nSPS) is 13.1. The fourth-order valence-electron chi connectivity index (χ4n) is 4.14. The fourth-order valence-corrected chi connectivity index (χ4v) is 4.14. The lowest BCUT2D eigenvalue weighted by Gasteiger charge is -2.22. The van der Waals surface area contributed by atoms with Gasteiger partial charge in [-0.1, -0.05) is 61.9 Å². The summed E-state index contributed by atoms with van der Waals surface area (Å²) in [5.41, 5.74) is 4.61. The largest absolute Gasteiger partial charge is 0.481 e. The molecule has 1 atom stereocenters. The van der Waals surface area contributed by atoms with Crippen LogP contribution in [0.3, 0.4) is 0 Å². The Morgan fingerprint density at radius 2 is 1.66 bits per heavy atom. The maximum Gasteiger partial charge on any atom is 0.407 e. The fraction of sp³-hybridized carbons (Fsp3) is 0.400. The lowest BCUT2D eigenvalue weighted by atomic mass is 9.98. The number of hydrogen-bond donors (Lipinski definition) is 2. The molecule has 2 aromatic rings. The van der Waals surface area contributed by atoms with Crippen molar-refractivity contribution >= 4 is 18.0 Å². The van der Waals surface area contributed by atoms with Gasteiger partial charge in [-0.2, -0.15) is 0 Å². The molecule has 7 heteroatoms. The van der Waals surface area contributed by atoms with Gasteiger partial charge in [-0.15, -0.1) is 0 Å². The lowest BCUT2D eigenvalue weighted by molar-refractivity contribution is -0.138. The van der Waals surface area contributed by atoms with Gasteiger partial charge in [0.15, 0.2) is 0 Å². The number of aliphatic carboxylic acids is 1. The van der Waals surface area contributed by atoms with Crippen LogP contribution in [0.15, 0.2) is 48.5 Å². The summed E-state index contributed by atoms with van der Waals surface area (Å²) in [6.45, 7) is 2.33. The zero-order valence-electron chi connectivity index (χ0n) is 18.5. The molecule has 1 aliphatic carbocycles. The predicted molar refractivity (Wildman–Crippen MR) is 121 cm³/mol. The second kappa shape index (κ2) is 10.8. The molecule has 0 unspecified atom stereocenters. The average Bonchev–Trinajstić information content (AvgIpc) is 3.10. The number of alkyl carbamates (subject to hydrolysis) is 1. The number of fused-ring (bicyclic) bond motifs is 3. The minimum absolute atomic E-state index is 0.0263. The van der Waals surface area contributed by atoms with Crippen molar-refractivity contribution in [3.05, 3.63) is 59.7 Å². The number of hydrogen-bond acceptors (Lipinski definition) is 4. The highest BCUT2D eigenvalue weighted by Crippen LogP contribution is 2.44. The zero-order chi connectivity index (χ0) is 23.1. The maximum atomic E-state index is 12.5. The van der Waals surface area contributed by atoms with Crippen molar-refractivity contribution in [3.8, 4) is 11.1 Å². The van der Waals surface area contributed by atoms with Gasteiger partial charge in [0, 0.05) is 32.0 Å². The monoisotopic (exact) mass is 438 g/mol. The smallest absolute Gasteiger partial charge is 0.407 e. The van der Waals surface area contributed by atoms with E-state index in [9.17, 15) is 14.4 Å². The van der Waals surface area contributed by atoms with Crippen molar-refractivity contribution in [2.45, 2.75) is 44.6 Å². The molecule has 2 aromatic carbocycles. The van der Waals surface area contributed by atoms with Crippen LogP contribution >= 0.6 is 0 Å². The van der Waals surface area contributed by atoms with Gasteiger partial charge in [-0.3, -0.25) is 9.59 Å². The van der Waals surface area contributed by atoms with E-state index >= 15 is 0 Å². The highest BCUT2D eigenvalue weighted by atomic mass is 16.5. The van der Waals surface area contributed by atoms with Crippen molar-refractivity contribution in [3.63, 3.8) is 0 Å². The van der Waals surface area contributed by atoms with Gasteiger partial charge in [0.05, 0.1) is 6.42 Å². The van der Waals surface area contributed by atoms with Gasteiger partial charge in [-0.05, 0) is 28.7 Å². The molecule has 0 heterocycles. The van der Waals surface area contributed by atoms with Crippen LogP contribution in [0.2, 0.25) is 0 Å². The van der Waals surface area contributed by atoms with Gasteiger partial charge in [-0.25, -0.2) is 4.79 Å². The predicted octanol–water partition coefficient (Wildman–Crippen LogP) is 4.02. The van der Waals surface area contributed by atoms with Crippen LogP contribution in [0, 0.1) is 0 Å². The third-order valence-corrected chi connectivity index (χ3v) is 5.81. The van der Waals surface area contributed by atoms with Crippen molar-refractivity contribution in [1.82, 2.24) is 10.2 Å². The number of carbonyl (C=O) groups excluding carboxylic acids is 2. The number of carbonyl (C=O) groups is 3. The van der Waals surface area contributed by atoms with E-state index in [1.165, 1.54) is 4.90 Å². The molecule has 7 nitrogen and oxygen atoms in total. The van der Waals surface area contributed by atoms with Gasteiger partial charge < -0.3 is 20.1 Å². The highest BCUT2D eigenvalue weighted by molar-refractivity contribution is 5.80. The van der Waals surface area contributed by atoms with E-state index in [1.54, 1.807) is 7.05 Å². The second-order valence-corrected chi connectivity index (χ2v) is 8.12. The molecule has 0 aromatic heterocycles. The van der Waals surface area contributed by atoms with Gasteiger partial charge >= 0.3 is 12.1 Å². The first-order valence-corrected chi connectivity index (χ1v) is 11.0. The number of ether oxygens (including phenoxy) is 1. The van der Waals surface area contributed by atoms with E-state index < -0.39 is 12.1 Å². The van der Waals surface area contributed by atoms with Crippen molar-refractivity contribution in [1.29, 1.82) is 0 Å². The van der Waals surface area contributed by atoms with Gasteiger partial charge in [0.1, 0.15) is 6.61 Å². The number of rotatable bonds is 10. The summed E-state index contributed by atoms with van der Waals surface area (Å²) in [4.78, 5) is 37.0. The molecule has 0 aliphatic heterocycles. The lowest BCUT2D eigenvalue weighted by Crippen LogP contribution is -2.40. The van der Waals surface area contributed by atoms with Crippen LogP contribution in [0.4, 0.5) is 4.79 Å². The van der Waals surface area contributed by atoms with Gasteiger partial charge in [0.2, 0.25) is 5.91 Å². The molecule has 0 saturated heterocycles. The molecule has 170 valence electrons. The first-order chi connectivity index (χ1) is 15.4. The molecule has 0 bridgehead atoms. The summed E-state index contributed by atoms with van der Waals surface area (Å²) in [6.07, 6.45) is 0.865. The van der Waals surface area contributed by atoms with E-state index in [2.05, 4.69) is 29.6 Å². The first kappa shape index (κ1) is 23.3. The van der Waals surface area contributed by atoms with Crippen molar-refractivity contribution in [2.24, 2.45) is 0 Å². The summed E-state index contributed by atoms with van der Waals surface area (Å²) in [5, 5.41) is 11.6. The van der Waals surface area contributed by atoms with Crippen LogP contribution < -0.4 is 5.32 Å². The Bertz CT molecular complexity index is 929. The summed E-state index contributed by atoms with van der Waals surface area (Å²) >= 11 is 0. The highest BCUT2D eigenvalue weighted by Gasteiger charge is 2.29. The molecular weight excluding hydrogens is 408 g/mol. The number of nitrogens with one attached hydrogen (secondary N) is 1. The Kier molecular flexibility index (Phi) is 7.87. The number of benzene rings is 2. The number of amides is 2. The topological polar surface area (TPSA) is 95.9 Å². The number of nitrogens with zero attached hydrogens (tertiary/aromatic N) is 1. The van der Waals surface area contributed by atoms with Crippen molar-refractivity contribution < 1.29 is 24.2 Å². The molecular formula is C25H30N2O5. The first-order valence-electron chi connectivity index (χ1n) is 11.0. The van der Waals surface area contributed by atoms with E-state index in [-0.39, 0.29) is 43.9 Å². The number of carboxylic acids is 1. The summed E-state index contributed by atoms with van der Waals surface area (Å²) in [5.74, 6) is -1.18. The van der Waals surface area contributed by atoms with E-state index in [0.29, 0.717) is 6.42 Å². The Labute approximate surface area is 188 Å². The van der Waals surface area contributed by atoms with Crippen LogP contribution in [-0.2, 0) is 14.3 Å². The van der Waals surface area contributed by atoms with E-state index in [4.69, 9.17) is 9.84 Å². The van der Waals surface area contributed by atoms with Crippen LogP contribution in [0.25, 0.3) is 11.1 Å².